The van der Waals surface area contributed by atoms with Crippen LogP contribution in [0.5, 0.6) is 0 Å². The minimum atomic E-state index is -0.275. The van der Waals surface area contributed by atoms with Crippen LogP contribution in [0.3, 0.4) is 0 Å². The molecule has 4 nitrogen and oxygen atoms in total. The van der Waals surface area contributed by atoms with E-state index in [0.717, 1.165) is 23.1 Å². The SMILES string of the molecule is COCCn1c(=NC(=O)CC2CCCCC2)sc2cc(F)ccc21. The van der Waals surface area contributed by atoms with Crippen LogP contribution in [0.15, 0.2) is 23.2 Å². The smallest absolute Gasteiger partial charge is 0.248 e. The van der Waals surface area contributed by atoms with Crippen LogP contribution >= 0.6 is 11.3 Å². The number of hydrogen-bond donors (Lipinski definition) is 0. The summed E-state index contributed by atoms with van der Waals surface area (Å²) in [5.41, 5.74) is 0.891. The van der Waals surface area contributed by atoms with Crippen LogP contribution in [0.2, 0.25) is 0 Å². The first-order chi connectivity index (χ1) is 11.7. The van der Waals surface area contributed by atoms with Crippen LogP contribution < -0.4 is 4.80 Å². The zero-order valence-corrected chi connectivity index (χ0v) is 14.8. The van der Waals surface area contributed by atoms with Crippen LogP contribution in [-0.2, 0) is 16.1 Å². The molecule has 1 aliphatic carbocycles. The highest BCUT2D eigenvalue weighted by Crippen LogP contribution is 2.26. The predicted molar refractivity (Wildman–Crippen MR) is 93.4 cm³/mol. The van der Waals surface area contributed by atoms with Crippen molar-refractivity contribution in [3.8, 4) is 0 Å². The molecule has 130 valence electrons. The molecule has 2 aromatic rings. The van der Waals surface area contributed by atoms with Gasteiger partial charge in [0.2, 0.25) is 5.91 Å². The first-order valence-electron chi connectivity index (χ1n) is 8.53. The second-order valence-electron chi connectivity index (χ2n) is 6.35. The third-order valence-electron chi connectivity index (χ3n) is 4.57. The Balaban J connectivity index is 1.89. The number of fused-ring (bicyclic) bond motifs is 1. The number of thiazole rings is 1. The molecule has 1 saturated carbocycles. The summed E-state index contributed by atoms with van der Waals surface area (Å²) >= 11 is 1.36. The van der Waals surface area contributed by atoms with Gasteiger partial charge in [-0.2, -0.15) is 4.99 Å². The summed E-state index contributed by atoms with van der Waals surface area (Å²) in [6.45, 7) is 1.12. The molecule has 24 heavy (non-hydrogen) atoms. The number of carbonyl (C=O) groups is 1. The standard InChI is InChI=1S/C18H23FN2O2S/c1-23-10-9-21-15-8-7-14(19)12-16(15)24-18(21)20-17(22)11-13-5-3-2-4-6-13/h7-8,12-13H,2-6,9-11H2,1H3. The Morgan fingerprint density at radius 1 is 1.38 bits per heavy atom. The number of rotatable bonds is 5. The normalized spacial score (nSPS) is 16.8. The lowest BCUT2D eigenvalue weighted by atomic mass is 9.87. The van der Waals surface area contributed by atoms with Gasteiger partial charge >= 0.3 is 0 Å². The molecule has 0 radical (unpaired) electrons. The van der Waals surface area contributed by atoms with Gasteiger partial charge in [-0.05, 0) is 37.0 Å². The Labute approximate surface area is 145 Å². The third kappa shape index (κ3) is 4.11. The molecule has 1 aromatic heterocycles. The predicted octanol–water partition coefficient (Wildman–Crippen LogP) is 3.89. The van der Waals surface area contributed by atoms with Crippen molar-refractivity contribution < 1.29 is 13.9 Å². The lowest BCUT2D eigenvalue weighted by Crippen LogP contribution is -2.20. The average molecular weight is 350 g/mol. The van der Waals surface area contributed by atoms with Crippen molar-refractivity contribution in [3.63, 3.8) is 0 Å². The van der Waals surface area contributed by atoms with Crippen molar-refractivity contribution in [3.05, 3.63) is 28.8 Å². The number of aromatic nitrogens is 1. The maximum absolute atomic E-state index is 13.5. The minimum Gasteiger partial charge on any atom is -0.383 e. The number of carbonyl (C=O) groups excluding carboxylic acids is 1. The maximum atomic E-state index is 13.5. The van der Waals surface area contributed by atoms with Crippen LogP contribution in [-0.4, -0.2) is 24.2 Å². The van der Waals surface area contributed by atoms with Gasteiger partial charge in [-0.3, -0.25) is 4.79 Å². The van der Waals surface area contributed by atoms with Gasteiger partial charge in [-0.25, -0.2) is 4.39 Å². The van der Waals surface area contributed by atoms with Gasteiger partial charge in [0.25, 0.3) is 0 Å². The highest BCUT2D eigenvalue weighted by molar-refractivity contribution is 7.16. The minimum absolute atomic E-state index is 0.0694. The van der Waals surface area contributed by atoms with E-state index in [9.17, 15) is 9.18 Å². The maximum Gasteiger partial charge on any atom is 0.248 e. The molecule has 1 amide bonds. The molecule has 1 heterocycles. The van der Waals surface area contributed by atoms with E-state index in [1.165, 1.54) is 42.7 Å². The molecule has 1 aliphatic rings. The van der Waals surface area contributed by atoms with E-state index in [1.807, 2.05) is 4.57 Å². The van der Waals surface area contributed by atoms with E-state index < -0.39 is 0 Å². The molecular weight excluding hydrogens is 327 g/mol. The van der Waals surface area contributed by atoms with Crippen molar-refractivity contribution in [2.45, 2.75) is 45.1 Å². The van der Waals surface area contributed by atoms with Gasteiger partial charge in [0.15, 0.2) is 4.80 Å². The van der Waals surface area contributed by atoms with Gasteiger partial charge in [-0.1, -0.05) is 30.6 Å². The Hall–Kier alpha value is -1.53. The summed E-state index contributed by atoms with van der Waals surface area (Å²) < 4.78 is 21.4. The second kappa shape index (κ2) is 8.03. The lowest BCUT2D eigenvalue weighted by molar-refractivity contribution is -0.119. The Morgan fingerprint density at radius 3 is 2.92 bits per heavy atom. The van der Waals surface area contributed by atoms with E-state index in [4.69, 9.17) is 4.74 Å². The molecule has 1 fully saturated rings. The molecule has 0 saturated heterocycles. The Bertz CT molecular complexity index is 775. The third-order valence-corrected chi connectivity index (χ3v) is 5.61. The van der Waals surface area contributed by atoms with E-state index in [0.29, 0.717) is 30.3 Å². The summed E-state index contributed by atoms with van der Waals surface area (Å²) in [4.78, 5) is 17.3. The summed E-state index contributed by atoms with van der Waals surface area (Å²) in [6, 6.07) is 4.67. The zero-order valence-electron chi connectivity index (χ0n) is 14.0. The quantitative estimate of drug-likeness (QED) is 0.821. The number of hydrogen-bond acceptors (Lipinski definition) is 3. The number of ether oxygens (including phenoxy) is 1. The fourth-order valence-electron chi connectivity index (χ4n) is 3.32. The van der Waals surface area contributed by atoms with Gasteiger partial charge in [0.05, 0.1) is 16.8 Å². The first kappa shape index (κ1) is 17.3. The van der Waals surface area contributed by atoms with Crippen LogP contribution in [0.1, 0.15) is 38.5 Å². The molecule has 6 heteroatoms. The van der Waals surface area contributed by atoms with Crippen LogP contribution in [0.25, 0.3) is 10.2 Å². The molecule has 0 spiro atoms. The topological polar surface area (TPSA) is 43.6 Å². The Kier molecular flexibility index (Phi) is 5.79. The van der Waals surface area contributed by atoms with E-state index in [2.05, 4.69) is 4.99 Å². The number of methoxy groups -OCH3 is 1. The zero-order chi connectivity index (χ0) is 16.9. The van der Waals surface area contributed by atoms with E-state index >= 15 is 0 Å². The summed E-state index contributed by atoms with van der Waals surface area (Å²) in [5, 5.41) is 0. The van der Waals surface area contributed by atoms with E-state index in [1.54, 1.807) is 13.2 Å². The van der Waals surface area contributed by atoms with Gasteiger partial charge in [0.1, 0.15) is 5.82 Å². The van der Waals surface area contributed by atoms with Crippen molar-refractivity contribution in [2.75, 3.05) is 13.7 Å². The lowest BCUT2D eigenvalue weighted by Gasteiger charge is -2.19. The molecule has 1 aromatic carbocycles. The molecule has 3 rings (SSSR count). The monoisotopic (exact) mass is 350 g/mol. The number of amides is 1. The molecule has 0 bridgehead atoms. The van der Waals surface area contributed by atoms with Gasteiger partial charge < -0.3 is 9.30 Å². The van der Waals surface area contributed by atoms with Crippen molar-refractivity contribution in [1.82, 2.24) is 4.57 Å². The molecule has 0 aliphatic heterocycles. The van der Waals surface area contributed by atoms with E-state index in [-0.39, 0.29) is 11.7 Å². The molecule has 0 N–H and O–H groups in total. The second-order valence-corrected chi connectivity index (χ2v) is 7.36. The molecule has 0 unspecified atom stereocenters. The summed E-state index contributed by atoms with van der Waals surface area (Å²) in [7, 11) is 1.64. The number of nitrogens with zero attached hydrogens (tertiary/aromatic N) is 2. The fraction of sp³-hybridized carbons (Fsp3) is 0.556. The molecular formula is C18H23FN2O2S. The van der Waals surface area contributed by atoms with Crippen LogP contribution in [0, 0.1) is 11.7 Å². The highest BCUT2D eigenvalue weighted by Gasteiger charge is 2.17. The highest BCUT2D eigenvalue weighted by atomic mass is 32.1. The summed E-state index contributed by atoms with van der Waals surface area (Å²) in [6.07, 6.45) is 6.49. The number of benzene rings is 1. The van der Waals surface area contributed by atoms with Gasteiger partial charge in [0, 0.05) is 20.1 Å². The first-order valence-corrected chi connectivity index (χ1v) is 9.34. The van der Waals surface area contributed by atoms with Gasteiger partial charge in [-0.15, -0.1) is 0 Å². The van der Waals surface area contributed by atoms with Crippen molar-refractivity contribution in [1.29, 1.82) is 0 Å². The Morgan fingerprint density at radius 2 is 2.17 bits per heavy atom. The average Bonchev–Trinajstić information content (AvgIpc) is 2.89. The molecule has 0 atom stereocenters. The van der Waals surface area contributed by atoms with Crippen molar-refractivity contribution >= 4 is 27.5 Å². The van der Waals surface area contributed by atoms with Crippen molar-refractivity contribution in [2.24, 2.45) is 10.9 Å². The van der Waals surface area contributed by atoms with Crippen LogP contribution in [0.4, 0.5) is 4.39 Å². The largest absolute Gasteiger partial charge is 0.383 e. The summed E-state index contributed by atoms with van der Waals surface area (Å²) in [5.74, 6) is 0.122. The fourth-order valence-corrected chi connectivity index (χ4v) is 4.42. The number of halogens is 1.